The number of carbonyl (C=O) groups is 2. The van der Waals surface area contributed by atoms with Crippen molar-refractivity contribution >= 4 is 29.0 Å². The standard InChI is InChI=1S/C29H26ClF2N3O6/c1-17-8-21(39-15-23-14-34-6-7-38-23)3-4-25(17)35-27(36)16-40-26-5-2-20(30)12-24(26)28(37)19-9-18(13-33)10-22(11-19)41-29(31)32/h2-5,8-12,23,29,34H,6-7,14-16H2,1H3,(H,35,36)/t23-/m1/s1. The molecule has 3 aromatic rings. The van der Waals surface area contributed by atoms with Gasteiger partial charge in [-0.2, -0.15) is 14.0 Å². The minimum atomic E-state index is -3.14. The Balaban J connectivity index is 1.41. The van der Waals surface area contributed by atoms with E-state index in [4.69, 9.17) is 25.8 Å². The lowest BCUT2D eigenvalue weighted by molar-refractivity contribution is -0.118. The second-order valence-electron chi connectivity index (χ2n) is 9.03. The molecule has 1 amide bonds. The van der Waals surface area contributed by atoms with Crippen LogP contribution < -0.4 is 24.8 Å². The van der Waals surface area contributed by atoms with Gasteiger partial charge in [0, 0.05) is 29.4 Å². The molecule has 3 aromatic carbocycles. The molecule has 214 valence electrons. The van der Waals surface area contributed by atoms with E-state index in [0.717, 1.165) is 24.2 Å². The Morgan fingerprint density at radius 2 is 1.98 bits per heavy atom. The van der Waals surface area contributed by atoms with Gasteiger partial charge in [-0.1, -0.05) is 11.6 Å². The first kappa shape index (κ1) is 29.7. The van der Waals surface area contributed by atoms with Gasteiger partial charge in [-0.15, -0.1) is 0 Å². The van der Waals surface area contributed by atoms with Crippen LogP contribution in [-0.2, 0) is 9.53 Å². The van der Waals surface area contributed by atoms with Crippen LogP contribution in [0.1, 0.15) is 27.0 Å². The van der Waals surface area contributed by atoms with Crippen molar-refractivity contribution in [2.45, 2.75) is 19.6 Å². The summed E-state index contributed by atoms with van der Waals surface area (Å²) in [4.78, 5) is 26.0. The Morgan fingerprint density at radius 3 is 2.68 bits per heavy atom. The van der Waals surface area contributed by atoms with Gasteiger partial charge in [0.05, 0.1) is 23.8 Å². The Morgan fingerprint density at radius 1 is 1.15 bits per heavy atom. The van der Waals surface area contributed by atoms with Crippen LogP contribution >= 0.6 is 11.6 Å². The second kappa shape index (κ2) is 13.9. The lowest BCUT2D eigenvalue weighted by atomic mass is 10.0. The lowest BCUT2D eigenvalue weighted by Gasteiger charge is -2.23. The third-order valence-corrected chi connectivity index (χ3v) is 6.22. The zero-order chi connectivity index (χ0) is 29.4. The number of aryl methyl sites for hydroxylation is 1. The molecular weight excluding hydrogens is 560 g/mol. The van der Waals surface area contributed by atoms with Gasteiger partial charge in [-0.05, 0) is 67.1 Å². The number of rotatable bonds is 11. The fourth-order valence-corrected chi connectivity index (χ4v) is 4.21. The van der Waals surface area contributed by atoms with Crippen molar-refractivity contribution in [2.75, 3.05) is 38.2 Å². The third-order valence-electron chi connectivity index (χ3n) is 5.98. The van der Waals surface area contributed by atoms with Crippen molar-refractivity contribution in [3.8, 4) is 23.3 Å². The van der Waals surface area contributed by atoms with Crippen LogP contribution in [-0.4, -0.2) is 57.3 Å². The maximum absolute atomic E-state index is 13.3. The number of ether oxygens (including phenoxy) is 4. The average molecular weight is 586 g/mol. The molecule has 0 spiro atoms. The summed E-state index contributed by atoms with van der Waals surface area (Å²) in [5.41, 5.74) is 1.13. The number of hydrogen-bond acceptors (Lipinski definition) is 8. The molecule has 0 aromatic heterocycles. The summed E-state index contributed by atoms with van der Waals surface area (Å²) in [5, 5.41) is 15.4. The normalized spacial score (nSPS) is 14.7. The number of benzene rings is 3. The number of morpholine rings is 1. The molecule has 0 saturated carbocycles. The van der Waals surface area contributed by atoms with Gasteiger partial charge in [-0.25, -0.2) is 0 Å². The van der Waals surface area contributed by atoms with Crippen LogP contribution in [0.15, 0.2) is 54.6 Å². The number of anilines is 1. The molecule has 1 aliphatic rings. The topological polar surface area (TPSA) is 119 Å². The van der Waals surface area contributed by atoms with Gasteiger partial charge in [0.1, 0.15) is 30.0 Å². The summed E-state index contributed by atoms with van der Waals surface area (Å²) >= 11 is 6.09. The Kier molecular flexibility index (Phi) is 10.1. The average Bonchev–Trinajstić information content (AvgIpc) is 2.96. The number of nitriles is 1. The Bertz CT molecular complexity index is 1460. The Labute approximate surface area is 239 Å². The number of nitrogens with one attached hydrogen (secondary N) is 2. The first-order chi connectivity index (χ1) is 19.7. The van der Waals surface area contributed by atoms with Gasteiger partial charge in [0.2, 0.25) is 0 Å². The SMILES string of the molecule is Cc1cc(OC[C@H]2CNCCO2)ccc1NC(=O)COc1ccc(Cl)cc1C(=O)c1cc(C#N)cc(OC(F)F)c1. The maximum Gasteiger partial charge on any atom is 0.387 e. The fourth-order valence-electron chi connectivity index (χ4n) is 4.04. The van der Waals surface area contributed by atoms with Crippen molar-refractivity contribution in [1.82, 2.24) is 5.32 Å². The number of alkyl halides is 2. The van der Waals surface area contributed by atoms with Crippen molar-refractivity contribution in [3.05, 3.63) is 81.9 Å². The zero-order valence-corrected chi connectivity index (χ0v) is 22.7. The molecule has 0 unspecified atom stereocenters. The van der Waals surface area contributed by atoms with E-state index in [1.165, 1.54) is 24.3 Å². The molecule has 2 N–H and O–H groups in total. The number of nitrogens with zero attached hydrogens (tertiary/aromatic N) is 1. The monoisotopic (exact) mass is 585 g/mol. The fraction of sp³-hybridized carbons (Fsp3) is 0.276. The minimum absolute atomic E-state index is 0.0294. The van der Waals surface area contributed by atoms with Gasteiger partial charge >= 0.3 is 6.61 Å². The zero-order valence-electron chi connectivity index (χ0n) is 21.9. The molecule has 1 fully saturated rings. The third kappa shape index (κ3) is 8.38. The largest absolute Gasteiger partial charge is 0.491 e. The highest BCUT2D eigenvalue weighted by molar-refractivity contribution is 6.31. The first-order valence-corrected chi connectivity index (χ1v) is 12.9. The van der Waals surface area contributed by atoms with Crippen LogP contribution in [0, 0.1) is 18.3 Å². The quantitative estimate of drug-likeness (QED) is 0.310. The molecule has 1 atom stereocenters. The number of carbonyl (C=O) groups excluding carboxylic acids is 2. The van der Waals surface area contributed by atoms with Gasteiger partial charge in [0.15, 0.2) is 12.4 Å². The molecule has 1 heterocycles. The molecule has 0 bridgehead atoms. The van der Waals surface area contributed by atoms with Crippen LogP contribution in [0.4, 0.5) is 14.5 Å². The van der Waals surface area contributed by atoms with E-state index in [1.54, 1.807) is 24.3 Å². The highest BCUT2D eigenvalue weighted by Gasteiger charge is 2.20. The molecular formula is C29H26ClF2N3O6. The molecule has 1 saturated heterocycles. The van der Waals surface area contributed by atoms with Crippen LogP contribution in [0.5, 0.6) is 17.2 Å². The summed E-state index contributed by atoms with van der Waals surface area (Å²) in [6.07, 6.45) is -0.0338. The lowest BCUT2D eigenvalue weighted by Crippen LogP contribution is -2.41. The van der Waals surface area contributed by atoms with E-state index in [0.29, 0.717) is 31.2 Å². The van der Waals surface area contributed by atoms with E-state index in [2.05, 4.69) is 15.4 Å². The number of halogens is 3. The van der Waals surface area contributed by atoms with E-state index < -0.39 is 24.9 Å². The van der Waals surface area contributed by atoms with E-state index >= 15 is 0 Å². The highest BCUT2D eigenvalue weighted by atomic mass is 35.5. The molecule has 1 aliphatic heterocycles. The summed E-state index contributed by atoms with van der Waals surface area (Å²) < 4.78 is 46.9. The van der Waals surface area contributed by atoms with Gasteiger partial charge in [0.25, 0.3) is 5.91 Å². The summed E-state index contributed by atoms with van der Waals surface area (Å²) in [7, 11) is 0. The molecule has 9 nitrogen and oxygen atoms in total. The molecule has 4 rings (SSSR count). The van der Waals surface area contributed by atoms with Gasteiger partial charge in [-0.3, -0.25) is 9.59 Å². The number of amides is 1. The number of ketones is 1. The maximum atomic E-state index is 13.3. The number of hydrogen-bond donors (Lipinski definition) is 2. The summed E-state index contributed by atoms with van der Waals surface area (Å²) in [6, 6.07) is 14.7. The van der Waals surface area contributed by atoms with Crippen LogP contribution in [0.3, 0.4) is 0 Å². The predicted octanol–water partition coefficient (Wildman–Crippen LogP) is 4.74. The minimum Gasteiger partial charge on any atom is -0.491 e. The molecule has 41 heavy (non-hydrogen) atoms. The van der Waals surface area contributed by atoms with Crippen molar-refractivity contribution in [1.29, 1.82) is 5.26 Å². The van der Waals surface area contributed by atoms with Crippen molar-refractivity contribution < 1.29 is 37.3 Å². The van der Waals surface area contributed by atoms with Crippen LogP contribution in [0.2, 0.25) is 5.02 Å². The molecule has 0 aliphatic carbocycles. The predicted molar refractivity (Wildman–Crippen MR) is 146 cm³/mol. The Hall–Kier alpha value is -4.24. The van der Waals surface area contributed by atoms with E-state index in [-0.39, 0.29) is 39.3 Å². The molecule has 0 radical (unpaired) electrons. The summed E-state index contributed by atoms with van der Waals surface area (Å²) in [5.74, 6) is -0.834. The molecule has 12 heteroatoms. The smallest absolute Gasteiger partial charge is 0.387 e. The van der Waals surface area contributed by atoms with Crippen molar-refractivity contribution in [3.63, 3.8) is 0 Å². The van der Waals surface area contributed by atoms with E-state index in [9.17, 15) is 23.6 Å². The van der Waals surface area contributed by atoms with Crippen LogP contribution in [0.25, 0.3) is 0 Å². The van der Waals surface area contributed by atoms with E-state index in [1.807, 2.05) is 6.92 Å². The second-order valence-corrected chi connectivity index (χ2v) is 9.46. The summed E-state index contributed by atoms with van der Waals surface area (Å²) in [6.45, 7) is 0.806. The van der Waals surface area contributed by atoms with Gasteiger partial charge < -0.3 is 29.6 Å². The van der Waals surface area contributed by atoms with Crippen molar-refractivity contribution in [2.24, 2.45) is 0 Å². The highest BCUT2D eigenvalue weighted by Crippen LogP contribution is 2.28. The first-order valence-electron chi connectivity index (χ1n) is 12.5.